The number of rotatable bonds is 2. The third-order valence-corrected chi connectivity index (χ3v) is 4.42. The van der Waals surface area contributed by atoms with Gasteiger partial charge in [-0.3, -0.25) is 5.32 Å². The lowest BCUT2D eigenvalue weighted by Crippen LogP contribution is -2.48. The van der Waals surface area contributed by atoms with Crippen LogP contribution in [-0.4, -0.2) is 55.7 Å². The van der Waals surface area contributed by atoms with E-state index >= 15 is 0 Å². The lowest BCUT2D eigenvalue weighted by molar-refractivity contribution is 0.204. The van der Waals surface area contributed by atoms with Gasteiger partial charge in [-0.05, 0) is 0 Å². The van der Waals surface area contributed by atoms with Crippen molar-refractivity contribution in [2.24, 2.45) is 5.14 Å². The fourth-order valence-electron chi connectivity index (χ4n) is 1.41. The fourth-order valence-corrected chi connectivity index (χ4v) is 2.74. The molecule has 11 heteroatoms. The summed E-state index contributed by atoms with van der Waals surface area (Å²) in [6.45, 7) is 2.64. The Kier molecular flexibility index (Phi) is 3.75. The number of carbonyl (C=O) groups excluding carboxylic acids is 1. The minimum Gasteiger partial charge on any atom is -0.322 e. The van der Waals surface area contributed by atoms with Crippen LogP contribution in [0.25, 0.3) is 0 Å². The molecule has 0 aromatic carbocycles. The summed E-state index contributed by atoms with van der Waals surface area (Å²) in [5.41, 5.74) is 0. The Hall–Kier alpha value is -1.30. The van der Waals surface area contributed by atoms with Crippen LogP contribution in [0.1, 0.15) is 0 Å². The predicted octanol–water partition coefficient (Wildman–Crippen LogP) is -1.38. The average Bonchev–Trinajstić information content (AvgIpc) is 2.78. The molecule has 0 aliphatic carbocycles. The highest BCUT2D eigenvalue weighted by atomic mass is 32.2. The van der Waals surface area contributed by atoms with Gasteiger partial charge in [0.15, 0.2) is 0 Å². The maximum atomic E-state index is 11.8. The zero-order chi connectivity index (χ0) is 13.2. The van der Waals surface area contributed by atoms with Crippen molar-refractivity contribution < 1.29 is 13.2 Å². The van der Waals surface area contributed by atoms with Crippen molar-refractivity contribution >= 4 is 32.5 Å². The summed E-state index contributed by atoms with van der Waals surface area (Å²) in [5.74, 6) is 0. The Morgan fingerprint density at radius 2 is 2.06 bits per heavy atom. The topological polar surface area (TPSA) is 130 Å². The molecule has 0 radical (unpaired) electrons. The van der Waals surface area contributed by atoms with Crippen molar-refractivity contribution in [3.8, 4) is 0 Å². The van der Waals surface area contributed by atoms with E-state index in [0.29, 0.717) is 13.1 Å². The molecule has 1 saturated heterocycles. The SMILES string of the molecule is NS(=O)(=O)c1nnc(NC(=O)N2CCNCC2)s1. The molecule has 2 amide bonds. The molecule has 0 spiro atoms. The van der Waals surface area contributed by atoms with E-state index in [0.717, 1.165) is 24.4 Å². The average molecular weight is 292 g/mol. The van der Waals surface area contributed by atoms with Crippen LogP contribution < -0.4 is 15.8 Å². The van der Waals surface area contributed by atoms with E-state index in [-0.39, 0.29) is 15.5 Å². The molecule has 1 aliphatic rings. The summed E-state index contributed by atoms with van der Waals surface area (Å²) >= 11 is 0.723. The zero-order valence-electron chi connectivity index (χ0n) is 9.29. The summed E-state index contributed by atoms with van der Waals surface area (Å²) < 4.78 is 21.7. The van der Waals surface area contributed by atoms with Crippen molar-refractivity contribution in [1.82, 2.24) is 20.4 Å². The van der Waals surface area contributed by atoms with E-state index < -0.39 is 10.0 Å². The normalized spacial score (nSPS) is 16.6. The number of piperazine rings is 1. The van der Waals surface area contributed by atoms with E-state index in [1.165, 1.54) is 0 Å². The molecule has 9 nitrogen and oxygen atoms in total. The summed E-state index contributed by atoms with van der Waals surface area (Å²) in [5, 5.41) is 17.6. The Balaban J connectivity index is 2.01. The Morgan fingerprint density at radius 3 is 2.61 bits per heavy atom. The van der Waals surface area contributed by atoms with Crippen molar-refractivity contribution in [2.75, 3.05) is 31.5 Å². The zero-order valence-corrected chi connectivity index (χ0v) is 10.9. The van der Waals surface area contributed by atoms with Crippen LogP contribution in [0.3, 0.4) is 0 Å². The van der Waals surface area contributed by atoms with Crippen LogP contribution in [-0.2, 0) is 10.0 Å². The molecule has 0 saturated carbocycles. The number of sulfonamides is 1. The predicted molar refractivity (Wildman–Crippen MR) is 64.7 cm³/mol. The first-order valence-electron chi connectivity index (χ1n) is 5.10. The molecule has 2 rings (SSSR count). The second kappa shape index (κ2) is 5.14. The van der Waals surface area contributed by atoms with Gasteiger partial charge >= 0.3 is 6.03 Å². The van der Waals surface area contributed by atoms with Crippen molar-refractivity contribution in [3.05, 3.63) is 0 Å². The summed E-state index contributed by atoms with van der Waals surface area (Å²) in [6, 6.07) is -0.325. The van der Waals surface area contributed by atoms with Gasteiger partial charge in [0.2, 0.25) is 9.47 Å². The number of nitrogens with two attached hydrogens (primary N) is 1. The highest BCUT2D eigenvalue weighted by molar-refractivity contribution is 7.91. The quantitative estimate of drug-likeness (QED) is 0.576. The third kappa shape index (κ3) is 3.13. The minimum absolute atomic E-state index is 0.113. The van der Waals surface area contributed by atoms with Crippen molar-refractivity contribution in [3.63, 3.8) is 0 Å². The van der Waals surface area contributed by atoms with Gasteiger partial charge in [-0.15, -0.1) is 10.2 Å². The molecule has 100 valence electrons. The first-order valence-corrected chi connectivity index (χ1v) is 7.46. The van der Waals surface area contributed by atoms with E-state index in [9.17, 15) is 13.2 Å². The van der Waals surface area contributed by atoms with Gasteiger partial charge in [0.05, 0.1) is 0 Å². The molecular weight excluding hydrogens is 280 g/mol. The van der Waals surface area contributed by atoms with E-state index in [1.54, 1.807) is 4.90 Å². The summed E-state index contributed by atoms with van der Waals surface area (Å²) in [4.78, 5) is 13.4. The van der Waals surface area contributed by atoms with Crippen LogP contribution >= 0.6 is 11.3 Å². The number of urea groups is 1. The highest BCUT2D eigenvalue weighted by Gasteiger charge is 2.20. The Morgan fingerprint density at radius 1 is 1.39 bits per heavy atom. The highest BCUT2D eigenvalue weighted by Crippen LogP contribution is 2.18. The van der Waals surface area contributed by atoms with E-state index in [1.807, 2.05) is 0 Å². The maximum Gasteiger partial charge on any atom is 0.323 e. The lowest BCUT2D eigenvalue weighted by Gasteiger charge is -2.26. The number of nitrogens with one attached hydrogen (secondary N) is 2. The van der Waals surface area contributed by atoms with Gasteiger partial charge in [-0.2, -0.15) is 0 Å². The van der Waals surface area contributed by atoms with Gasteiger partial charge < -0.3 is 10.2 Å². The van der Waals surface area contributed by atoms with E-state index in [2.05, 4.69) is 20.8 Å². The number of aromatic nitrogens is 2. The first-order chi connectivity index (χ1) is 8.47. The molecule has 18 heavy (non-hydrogen) atoms. The number of carbonyl (C=O) groups is 1. The first kappa shape index (κ1) is 13.1. The maximum absolute atomic E-state index is 11.8. The fraction of sp³-hybridized carbons (Fsp3) is 0.571. The number of amides is 2. The molecule has 0 atom stereocenters. The second-order valence-electron chi connectivity index (χ2n) is 3.59. The standard InChI is InChI=1S/C7H12N6O3S2/c8-18(15,16)7-12-11-5(17-7)10-6(14)13-3-1-9-2-4-13/h9H,1-4H2,(H2,8,15,16)(H,10,11,14). The molecule has 1 aliphatic heterocycles. The van der Waals surface area contributed by atoms with E-state index in [4.69, 9.17) is 5.14 Å². The minimum atomic E-state index is -3.87. The molecular formula is C7H12N6O3S2. The number of nitrogens with zero attached hydrogens (tertiary/aromatic N) is 3. The number of primary sulfonamides is 1. The smallest absolute Gasteiger partial charge is 0.322 e. The molecule has 1 aromatic heterocycles. The van der Waals surface area contributed by atoms with Crippen molar-refractivity contribution in [1.29, 1.82) is 0 Å². The monoisotopic (exact) mass is 292 g/mol. The molecule has 1 fully saturated rings. The third-order valence-electron chi connectivity index (χ3n) is 2.27. The largest absolute Gasteiger partial charge is 0.323 e. The Labute approximate surface area is 107 Å². The molecule has 0 unspecified atom stereocenters. The van der Waals surface area contributed by atoms with Gasteiger partial charge in [-0.1, -0.05) is 11.3 Å². The summed E-state index contributed by atoms with van der Waals surface area (Å²) in [7, 11) is -3.87. The number of hydrogen-bond acceptors (Lipinski definition) is 7. The summed E-state index contributed by atoms with van der Waals surface area (Å²) in [6.07, 6.45) is 0. The molecule has 4 N–H and O–H groups in total. The number of hydrogen-bond donors (Lipinski definition) is 3. The van der Waals surface area contributed by atoms with Gasteiger partial charge in [0.1, 0.15) is 0 Å². The second-order valence-corrected chi connectivity index (χ2v) is 6.30. The molecule has 2 heterocycles. The van der Waals surface area contributed by atoms with Crippen LogP contribution in [0.2, 0.25) is 0 Å². The van der Waals surface area contributed by atoms with Crippen LogP contribution in [0, 0.1) is 0 Å². The molecule has 1 aromatic rings. The van der Waals surface area contributed by atoms with Crippen LogP contribution in [0.15, 0.2) is 4.34 Å². The van der Waals surface area contributed by atoms with Crippen molar-refractivity contribution in [2.45, 2.75) is 4.34 Å². The lowest BCUT2D eigenvalue weighted by atomic mass is 10.4. The Bertz CT molecular complexity index is 535. The van der Waals surface area contributed by atoms with Gasteiger partial charge in [-0.25, -0.2) is 18.4 Å². The van der Waals surface area contributed by atoms with Crippen LogP contribution in [0.4, 0.5) is 9.93 Å². The van der Waals surface area contributed by atoms with Crippen LogP contribution in [0.5, 0.6) is 0 Å². The van der Waals surface area contributed by atoms with Gasteiger partial charge in [0, 0.05) is 26.2 Å². The van der Waals surface area contributed by atoms with Gasteiger partial charge in [0.25, 0.3) is 10.0 Å². The number of anilines is 1. The molecule has 0 bridgehead atoms.